The third-order valence-electron chi connectivity index (χ3n) is 3.95. The fraction of sp³-hybridized carbons (Fsp3) is 0.667. The van der Waals surface area contributed by atoms with Crippen LogP contribution in [0.15, 0.2) is 24.3 Å². The molecule has 2 rings (SSSR count). The van der Waals surface area contributed by atoms with E-state index in [1.54, 1.807) is 0 Å². The van der Waals surface area contributed by atoms with Crippen LogP contribution >= 0.6 is 0 Å². The van der Waals surface area contributed by atoms with E-state index in [1.807, 2.05) is 0 Å². The minimum absolute atomic E-state index is 0.161. The second-order valence-electron chi connectivity index (χ2n) is 5.74. The molecule has 0 spiro atoms. The molecule has 0 aliphatic carbocycles. The SMILES string of the molecule is CCCCCC1CCOC(c2ccc(CCC)cc2)O1. The van der Waals surface area contributed by atoms with Crippen LogP contribution in [0.1, 0.15) is 69.8 Å². The zero-order valence-electron chi connectivity index (χ0n) is 12.9. The van der Waals surface area contributed by atoms with Crippen LogP contribution < -0.4 is 0 Å². The molecule has 0 N–H and O–H groups in total. The molecule has 2 unspecified atom stereocenters. The van der Waals surface area contributed by atoms with Crippen LogP contribution in [0.5, 0.6) is 0 Å². The van der Waals surface area contributed by atoms with E-state index in [0.717, 1.165) is 25.0 Å². The number of rotatable bonds is 7. The first-order valence-corrected chi connectivity index (χ1v) is 8.19. The fourth-order valence-corrected chi connectivity index (χ4v) is 2.73. The van der Waals surface area contributed by atoms with Gasteiger partial charge in [0.1, 0.15) is 0 Å². The first kappa shape index (κ1) is 15.5. The standard InChI is InChI=1S/C18H28O2/c1-3-5-6-8-17-13-14-19-18(20-17)16-11-9-15(7-4-2)10-12-16/h9-12,17-18H,3-8,13-14H2,1-2H3. The van der Waals surface area contributed by atoms with Crippen molar-refractivity contribution in [3.05, 3.63) is 35.4 Å². The highest BCUT2D eigenvalue weighted by Crippen LogP contribution is 2.28. The van der Waals surface area contributed by atoms with E-state index in [0.29, 0.717) is 6.10 Å². The minimum atomic E-state index is -0.161. The van der Waals surface area contributed by atoms with Gasteiger partial charge >= 0.3 is 0 Å². The van der Waals surface area contributed by atoms with Crippen LogP contribution in [0.25, 0.3) is 0 Å². The Morgan fingerprint density at radius 1 is 1.05 bits per heavy atom. The van der Waals surface area contributed by atoms with Crippen molar-refractivity contribution in [2.24, 2.45) is 0 Å². The van der Waals surface area contributed by atoms with Gasteiger partial charge in [0.2, 0.25) is 0 Å². The molecule has 2 nitrogen and oxygen atoms in total. The van der Waals surface area contributed by atoms with Crippen LogP contribution in [0, 0.1) is 0 Å². The molecule has 2 heteroatoms. The molecule has 1 heterocycles. The molecule has 112 valence electrons. The maximum absolute atomic E-state index is 6.10. The lowest BCUT2D eigenvalue weighted by Gasteiger charge is -2.30. The summed E-state index contributed by atoms with van der Waals surface area (Å²) >= 11 is 0. The summed E-state index contributed by atoms with van der Waals surface area (Å²) in [4.78, 5) is 0. The second-order valence-corrected chi connectivity index (χ2v) is 5.74. The number of ether oxygens (including phenoxy) is 2. The van der Waals surface area contributed by atoms with Crippen LogP contribution in [0.2, 0.25) is 0 Å². The second kappa shape index (κ2) is 8.43. The quantitative estimate of drug-likeness (QED) is 0.651. The van der Waals surface area contributed by atoms with Crippen molar-refractivity contribution in [1.82, 2.24) is 0 Å². The summed E-state index contributed by atoms with van der Waals surface area (Å²) < 4.78 is 11.9. The predicted octanol–water partition coefficient (Wildman–Crippen LogP) is 5.02. The maximum Gasteiger partial charge on any atom is 0.184 e. The summed E-state index contributed by atoms with van der Waals surface area (Å²) in [6.07, 6.45) is 8.59. The van der Waals surface area contributed by atoms with Gasteiger partial charge in [0.15, 0.2) is 6.29 Å². The Hall–Kier alpha value is -0.860. The average molecular weight is 276 g/mol. The van der Waals surface area contributed by atoms with Gasteiger partial charge in [0, 0.05) is 5.56 Å². The molecule has 0 aromatic heterocycles. The van der Waals surface area contributed by atoms with Crippen molar-refractivity contribution in [2.45, 2.75) is 71.2 Å². The summed E-state index contributed by atoms with van der Waals surface area (Å²) in [5.41, 5.74) is 2.55. The molecule has 1 saturated heterocycles. The van der Waals surface area contributed by atoms with Crippen molar-refractivity contribution in [1.29, 1.82) is 0 Å². The Morgan fingerprint density at radius 2 is 1.85 bits per heavy atom. The number of aryl methyl sites for hydroxylation is 1. The van der Waals surface area contributed by atoms with Crippen molar-refractivity contribution < 1.29 is 9.47 Å². The lowest BCUT2D eigenvalue weighted by molar-refractivity contribution is -0.218. The Morgan fingerprint density at radius 3 is 2.55 bits per heavy atom. The molecule has 0 bridgehead atoms. The van der Waals surface area contributed by atoms with Crippen molar-refractivity contribution in [2.75, 3.05) is 6.61 Å². The monoisotopic (exact) mass is 276 g/mol. The van der Waals surface area contributed by atoms with Gasteiger partial charge in [-0.25, -0.2) is 0 Å². The van der Waals surface area contributed by atoms with Gasteiger partial charge in [-0.3, -0.25) is 0 Å². The third kappa shape index (κ3) is 4.60. The Balaban J connectivity index is 1.87. The Kier molecular flexibility index (Phi) is 6.55. The van der Waals surface area contributed by atoms with Crippen LogP contribution in [0.4, 0.5) is 0 Å². The predicted molar refractivity (Wildman–Crippen MR) is 82.8 cm³/mol. The molecule has 0 amide bonds. The van der Waals surface area contributed by atoms with E-state index in [4.69, 9.17) is 9.47 Å². The Bertz CT molecular complexity index is 372. The summed E-state index contributed by atoms with van der Waals surface area (Å²) in [6.45, 7) is 5.27. The van der Waals surface area contributed by atoms with Crippen molar-refractivity contribution >= 4 is 0 Å². The molecular formula is C18H28O2. The molecular weight excluding hydrogens is 248 g/mol. The lowest BCUT2D eigenvalue weighted by Crippen LogP contribution is -2.27. The van der Waals surface area contributed by atoms with Gasteiger partial charge in [-0.2, -0.15) is 0 Å². The zero-order valence-corrected chi connectivity index (χ0v) is 12.9. The summed E-state index contributed by atoms with van der Waals surface area (Å²) in [5, 5.41) is 0. The van der Waals surface area contributed by atoms with Crippen molar-refractivity contribution in [3.63, 3.8) is 0 Å². The van der Waals surface area contributed by atoms with Crippen molar-refractivity contribution in [3.8, 4) is 0 Å². The van der Waals surface area contributed by atoms with E-state index < -0.39 is 0 Å². The molecule has 1 aromatic rings. The van der Waals surface area contributed by atoms with Gasteiger partial charge in [-0.1, -0.05) is 63.8 Å². The van der Waals surface area contributed by atoms with Crippen LogP contribution in [-0.4, -0.2) is 12.7 Å². The molecule has 1 aromatic carbocycles. The zero-order chi connectivity index (χ0) is 14.2. The van der Waals surface area contributed by atoms with E-state index in [9.17, 15) is 0 Å². The van der Waals surface area contributed by atoms with Gasteiger partial charge in [0.05, 0.1) is 12.7 Å². The highest BCUT2D eigenvalue weighted by molar-refractivity contribution is 5.23. The number of unbranched alkanes of at least 4 members (excludes halogenated alkanes) is 2. The molecule has 1 aliphatic rings. The lowest BCUT2D eigenvalue weighted by atomic mass is 10.1. The summed E-state index contributed by atoms with van der Waals surface area (Å²) in [7, 11) is 0. The van der Waals surface area contributed by atoms with E-state index in [1.165, 1.54) is 37.7 Å². The Labute approximate surface area is 123 Å². The molecule has 2 atom stereocenters. The van der Waals surface area contributed by atoms with E-state index in [2.05, 4.69) is 38.1 Å². The van der Waals surface area contributed by atoms with E-state index >= 15 is 0 Å². The van der Waals surface area contributed by atoms with E-state index in [-0.39, 0.29) is 6.29 Å². The topological polar surface area (TPSA) is 18.5 Å². The third-order valence-corrected chi connectivity index (χ3v) is 3.95. The molecule has 20 heavy (non-hydrogen) atoms. The summed E-state index contributed by atoms with van der Waals surface area (Å²) in [6, 6.07) is 8.71. The van der Waals surface area contributed by atoms with Gasteiger partial charge in [-0.15, -0.1) is 0 Å². The molecule has 1 fully saturated rings. The number of benzene rings is 1. The van der Waals surface area contributed by atoms with Gasteiger partial charge < -0.3 is 9.47 Å². The molecule has 0 saturated carbocycles. The first-order chi connectivity index (χ1) is 9.83. The largest absolute Gasteiger partial charge is 0.348 e. The number of hydrogen-bond acceptors (Lipinski definition) is 2. The fourth-order valence-electron chi connectivity index (χ4n) is 2.73. The summed E-state index contributed by atoms with van der Waals surface area (Å²) in [5.74, 6) is 0. The van der Waals surface area contributed by atoms with Crippen LogP contribution in [-0.2, 0) is 15.9 Å². The normalized spacial score (nSPS) is 22.9. The minimum Gasteiger partial charge on any atom is -0.348 e. The molecule has 1 aliphatic heterocycles. The maximum atomic E-state index is 6.10. The van der Waals surface area contributed by atoms with Crippen LogP contribution in [0.3, 0.4) is 0 Å². The smallest absolute Gasteiger partial charge is 0.184 e. The first-order valence-electron chi connectivity index (χ1n) is 8.19. The molecule has 0 radical (unpaired) electrons. The van der Waals surface area contributed by atoms with Gasteiger partial charge in [-0.05, 0) is 24.8 Å². The van der Waals surface area contributed by atoms with Gasteiger partial charge in [0.25, 0.3) is 0 Å². The highest BCUT2D eigenvalue weighted by Gasteiger charge is 2.23. The average Bonchev–Trinajstić information content (AvgIpc) is 2.49. The number of hydrogen-bond donors (Lipinski definition) is 0. The highest BCUT2D eigenvalue weighted by atomic mass is 16.7.